The third-order valence-corrected chi connectivity index (χ3v) is 5.24. The number of hydrogen-bond donors (Lipinski definition) is 0. The number of esters is 1. The summed E-state index contributed by atoms with van der Waals surface area (Å²) in [5, 5.41) is 1.37. The van der Waals surface area contributed by atoms with Crippen LogP contribution in [0.2, 0.25) is 0 Å². The Labute approximate surface area is 129 Å². The maximum absolute atomic E-state index is 12.1. The Kier molecular flexibility index (Phi) is 5.41. The van der Waals surface area contributed by atoms with Gasteiger partial charge < -0.3 is 9.64 Å². The molecule has 0 aromatic heterocycles. The fourth-order valence-electron chi connectivity index (χ4n) is 2.84. The molecule has 0 N–H and O–H groups in total. The van der Waals surface area contributed by atoms with E-state index in [-0.39, 0.29) is 17.8 Å². The van der Waals surface area contributed by atoms with Gasteiger partial charge in [-0.15, -0.1) is 0 Å². The van der Waals surface area contributed by atoms with Crippen LogP contribution in [0.1, 0.15) is 20.8 Å². The zero-order chi connectivity index (χ0) is 15.4. The van der Waals surface area contributed by atoms with Crippen LogP contribution >= 0.6 is 8.58 Å². The van der Waals surface area contributed by atoms with Crippen molar-refractivity contribution < 1.29 is 9.53 Å². The molecular formula is C17H24NO2P. The summed E-state index contributed by atoms with van der Waals surface area (Å²) in [5.74, 6) is 2.23. The molecule has 114 valence electrons. The Bertz CT molecular complexity index is 531. The van der Waals surface area contributed by atoms with Gasteiger partial charge in [-0.2, -0.15) is 0 Å². The van der Waals surface area contributed by atoms with Crippen molar-refractivity contribution in [3.63, 3.8) is 0 Å². The van der Waals surface area contributed by atoms with Gasteiger partial charge >= 0.3 is 5.97 Å². The molecular weight excluding hydrogens is 281 g/mol. The molecule has 0 spiro atoms. The largest absolute Gasteiger partial charge is 0.469 e. The molecule has 3 nitrogen and oxygen atoms in total. The lowest BCUT2D eigenvalue weighted by atomic mass is 9.88. The molecule has 3 unspecified atom stereocenters. The zero-order valence-electron chi connectivity index (χ0n) is 13.2. The van der Waals surface area contributed by atoms with Crippen molar-refractivity contribution in [2.75, 3.05) is 20.2 Å². The van der Waals surface area contributed by atoms with Crippen molar-refractivity contribution in [2.24, 2.45) is 11.8 Å². The fourth-order valence-corrected chi connectivity index (χ4v) is 3.56. The van der Waals surface area contributed by atoms with Gasteiger partial charge in [0.25, 0.3) is 0 Å². The second kappa shape index (κ2) is 7.09. The average Bonchev–Trinajstić information content (AvgIpc) is 2.83. The Morgan fingerprint density at radius 3 is 2.86 bits per heavy atom. The molecule has 0 aliphatic carbocycles. The molecule has 2 heterocycles. The van der Waals surface area contributed by atoms with E-state index in [1.165, 1.54) is 23.7 Å². The molecule has 2 aliphatic heterocycles. The number of methoxy groups -OCH3 is 1. The quantitative estimate of drug-likeness (QED) is 0.588. The first-order valence-electron chi connectivity index (χ1n) is 7.34. The summed E-state index contributed by atoms with van der Waals surface area (Å²) in [6.45, 7) is 7.89. The maximum Gasteiger partial charge on any atom is 0.311 e. The molecule has 1 fully saturated rings. The van der Waals surface area contributed by atoms with Crippen LogP contribution in [-0.4, -0.2) is 31.1 Å². The molecule has 0 aromatic carbocycles. The lowest BCUT2D eigenvalue weighted by Gasteiger charge is -2.19. The second-order valence-corrected chi connectivity index (χ2v) is 6.98. The summed E-state index contributed by atoms with van der Waals surface area (Å²) < 4.78 is 5.02. The molecule has 0 bridgehead atoms. The predicted octanol–water partition coefficient (Wildman–Crippen LogP) is 3.67. The van der Waals surface area contributed by atoms with Crippen LogP contribution in [-0.2, 0) is 9.53 Å². The number of carbonyl (C=O) groups excluding carboxylic acids is 1. The summed E-state index contributed by atoms with van der Waals surface area (Å²) >= 11 is 0. The smallest absolute Gasteiger partial charge is 0.311 e. The lowest BCUT2D eigenvalue weighted by molar-refractivity contribution is -0.145. The Morgan fingerprint density at radius 1 is 1.43 bits per heavy atom. The van der Waals surface area contributed by atoms with Crippen molar-refractivity contribution >= 4 is 14.6 Å². The average molecular weight is 305 g/mol. The number of allylic oxidation sites excluding steroid dienone is 6. The van der Waals surface area contributed by atoms with Gasteiger partial charge in [0, 0.05) is 24.7 Å². The van der Waals surface area contributed by atoms with Crippen LogP contribution in [0.15, 0.2) is 46.7 Å². The molecule has 4 heteroatoms. The summed E-state index contributed by atoms with van der Waals surface area (Å²) in [7, 11) is 2.21. The number of likely N-dealkylation sites (tertiary alicyclic amines) is 1. The van der Waals surface area contributed by atoms with E-state index in [1.54, 1.807) is 0 Å². The molecule has 0 amide bonds. The predicted molar refractivity (Wildman–Crippen MR) is 89.3 cm³/mol. The highest BCUT2D eigenvalue weighted by Gasteiger charge is 2.39. The van der Waals surface area contributed by atoms with Gasteiger partial charge in [0.05, 0.1) is 13.0 Å². The first kappa shape index (κ1) is 16.0. The van der Waals surface area contributed by atoms with Crippen LogP contribution in [0.25, 0.3) is 0 Å². The van der Waals surface area contributed by atoms with E-state index >= 15 is 0 Å². The summed E-state index contributed by atoms with van der Waals surface area (Å²) in [5.41, 5.74) is 2.46. The minimum Gasteiger partial charge on any atom is -0.469 e. The van der Waals surface area contributed by atoms with Crippen molar-refractivity contribution in [3.8, 4) is 0 Å². The van der Waals surface area contributed by atoms with E-state index in [9.17, 15) is 4.79 Å². The van der Waals surface area contributed by atoms with Crippen LogP contribution in [0, 0.1) is 11.8 Å². The third kappa shape index (κ3) is 3.65. The van der Waals surface area contributed by atoms with Crippen LogP contribution < -0.4 is 0 Å². The van der Waals surface area contributed by atoms with Gasteiger partial charge in [-0.1, -0.05) is 38.7 Å². The molecule has 21 heavy (non-hydrogen) atoms. The topological polar surface area (TPSA) is 29.5 Å². The van der Waals surface area contributed by atoms with Crippen molar-refractivity contribution in [1.82, 2.24) is 4.90 Å². The van der Waals surface area contributed by atoms with Crippen LogP contribution in [0.3, 0.4) is 0 Å². The molecule has 2 aliphatic rings. The molecule has 1 saturated heterocycles. The number of nitrogens with zero attached hydrogens (tertiary/aromatic N) is 1. The third-order valence-electron chi connectivity index (χ3n) is 4.28. The lowest BCUT2D eigenvalue weighted by Crippen LogP contribution is -2.25. The fraction of sp³-hybridized carbons (Fsp3) is 0.471. The highest BCUT2D eigenvalue weighted by molar-refractivity contribution is 7.46. The van der Waals surface area contributed by atoms with Crippen molar-refractivity contribution in [2.45, 2.75) is 20.8 Å². The summed E-state index contributed by atoms with van der Waals surface area (Å²) in [4.78, 5) is 14.4. The Hall–Kier alpha value is -1.34. The van der Waals surface area contributed by atoms with E-state index in [0.717, 1.165) is 21.7 Å². The van der Waals surface area contributed by atoms with E-state index in [1.807, 2.05) is 6.92 Å². The Balaban J connectivity index is 2.28. The zero-order valence-corrected chi connectivity index (χ0v) is 14.2. The first-order chi connectivity index (χ1) is 10.1. The highest BCUT2D eigenvalue weighted by Crippen LogP contribution is 2.36. The van der Waals surface area contributed by atoms with Gasteiger partial charge in [-0.05, 0) is 31.7 Å². The highest BCUT2D eigenvalue weighted by atomic mass is 31.1. The summed E-state index contributed by atoms with van der Waals surface area (Å²) in [6, 6.07) is 0. The second-order valence-electron chi connectivity index (χ2n) is 5.57. The van der Waals surface area contributed by atoms with Gasteiger partial charge in [0.1, 0.15) is 0 Å². The minimum atomic E-state index is -0.104. The SMILES string of the molecule is CC=C(C)N1CC(C(=O)OC)C(C2=CC=C(C)PC=C2)C1. The van der Waals surface area contributed by atoms with Crippen LogP contribution in [0.5, 0.6) is 0 Å². The Morgan fingerprint density at radius 2 is 2.19 bits per heavy atom. The minimum absolute atomic E-state index is 0.0871. The number of rotatable bonds is 3. The molecule has 0 radical (unpaired) electrons. The van der Waals surface area contributed by atoms with Gasteiger partial charge in [0.15, 0.2) is 0 Å². The van der Waals surface area contributed by atoms with Gasteiger partial charge in [-0.25, -0.2) is 0 Å². The maximum atomic E-state index is 12.1. The molecule has 3 atom stereocenters. The molecule has 0 saturated carbocycles. The van der Waals surface area contributed by atoms with E-state index in [0.29, 0.717) is 0 Å². The number of carbonyl (C=O) groups is 1. The van der Waals surface area contributed by atoms with Crippen molar-refractivity contribution in [3.05, 3.63) is 46.7 Å². The summed E-state index contributed by atoms with van der Waals surface area (Å²) in [6.07, 6.45) is 8.62. The van der Waals surface area contributed by atoms with Gasteiger partial charge in [0.2, 0.25) is 0 Å². The van der Waals surface area contributed by atoms with E-state index < -0.39 is 0 Å². The monoisotopic (exact) mass is 305 g/mol. The van der Waals surface area contributed by atoms with Crippen molar-refractivity contribution in [1.29, 1.82) is 0 Å². The standard InChI is InChI=1S/C17H24NO2P/c1-5-12(2)18-10-15(16(11-18)17(19)20-4)14-7-6-13(3)21-9-8-14/h5-9,15-16,21H,10-11H2,1-4H3. The molecule has 0 aromatic rings. The normalized spacial score (nSPS) is 27.4. The molecule has 2 rings (SSSR count). The number of ether oxygens (including phenoxy) is 1. The van der Waals surface area contributed by atoms with E-state index in [4.69, 9.17) is 4.74 Å². The number of hydrogen-bond acceptors (Lipinski definition) is 3. The van der Waals surface area contributed by atoms with Crippen LogP contribution in [0.4, 0.5) is 0 Å². The van der Waals surface area contributed by atoms with Gasteiger partial charge in [-0.3, -0.25) is 4.79 Å². The van der Waals surface area contributed by atoms with E-state index in [2.05, 4.69) is 48.9 Å². The first-order valence-corrected chi connectivity index (χ1v) is 8.41.